The van der Waals surface area contributed by atoms with Crippen LogP contribution in [0.3, 0.4) is 0 Å². The van der Waals surface area contributed by atoms with Crippen molar-refractivity contribution in [3.63, 3.8) is 0 Å². The molecular weight excluding hydrogens is 248 g/mol. The number of hydrogen-bond acceptors (Lipinski definition) is 4. The number of fused-ring (bicyclic) bond motifs is 1. The van der Waals surface area contributed by atoms with Gasteiger partial charge in [-0.05, 0) is 30.2 Å². The number of nitrogen functional groups attached to an aromatic ring is 1. The van der Waals surface area contributed by atoms with E-state index in [1.165, 1.54) is 5.56 Å². The van der Waals surface area contributed by atoms with Gasteiger partial charge in [-0.3, -0.25) is 9.97 Å². The first-order valence-corrected chi connectivity index (χ1v) is 6.60. The lowest BCUT2D eigenvalue weighted by Gasteiger charge is -2.12. The van der Waals surface area contributed by atoms with Gasteiger partial charge < -0.3 is 11.1 Å². The highest BCUT2D eigenvalue weighted by atomic mass is 14.9. The Bertz CT molecular complexity index is 710. The number of nitrogens with two attached hydrogens (primary N) is 1. The summed E-state index contributed by atoms with van der Waals surface area (Å²) in [5, 5.41) is 4.48. The van der Waals surface area contributed by atoms with Crippen LogP contribution in [0.4, 0.5) is 11.4 Å². The van der Waals surface area contributed by atoms with Gasteiger partial charge in [0.15, 0.2) is 0 Å². The molecule has 0 amide bonds. The number of benzene rings is 1. The van der Waals surface area contributed by atoms with E-state index in [9.17, 15) is 0 Å². The van der Waals surface area contributed by atoms with Crippen LogP contribution in [0.25, 0.3) is 10.9 Å². The summed E-state index contributed by atoms with van der Waals surface area (Å²) < 4.78 is 0. The second-order valence-electron chi connectivity index (χ2n) is 4.64. The van der Waals surface area contributed by atoms with Crippen molar-refractivity contribution in [3.8, 4) is 0 Å². The molecule has 0 unspecified atom stereocenters. The van der Waals surface area contributed by atoms with E-state index in [1.54, 1.807) is 6.20 Å². The molecule has 4 heteroatoms. The quantitative estimate of drug-likeness (QED) is 0.760. The fourth-order valence-electron chi connectivity index (χ4n) is 2.24. The molecule has 2 aromatic heterocycles. The van der Waals surface area contributed by atoms with Gasteiger partial charge >= 0.3 is 0 Å². The summed E-state index contributed by atoms with van der Waals surface area (Å²) in [6.07, 6.45) is 6.26. The van der Waals surface area contributed by atoms with Gasteiger partial charge in [0.2, 0.25) is 0 Å². The predicted octanol–water partition coefficient (Wildman–Crippen LogP) is 2.87. The van der Waals surface area contributed by atoms with E-state index in [1.807, 2.05) is 48.8 Å². The molecule has 0 saturated carbocycles. The van der Waals surface area contributed by atoms with Gasteiger partial charge in [0.25, 0.3) is 0 Å². The van der Waals surface area contributed by atoms with Gasteiger partial charge in [0.05, 0.1) is 23.1 Å². The highest BCUT2D eigenvalue weighted by Crippen LogP contribution is 2.27. The second-order valence-corrected chi connectivity index (χ2v) is 4.64. The lowest BCUT2D eigenvalue weighted by atomic mass is 10.1. The SMILES string of the molecule is Nc1cnc2ccccc2c1NCCc1ccncc1. The number of nitrogens with zero attached hydrogens (tertiary/aromatic N) is 2. The minimum Gasteiger partial charge on any atom is -0.396 e. The zero-order valence-electron chi connectivity index (χ0n) is 11.1. The molecule has 0 aliphatic carbocycles. The predicted molar refractivity (Wildman–Crippen MR) is 82.6 cm³/mol. The molecule has 2 heterocycles. The fourth-order valence-corrected chi connectivity index (χ4v) is 2.24. The molecule has 20 heavy (non-hydrogen) atoms. The fraction of sp³-hybridized carbons (Fsp3) is 0.125. The topological polar surface area (TPSA) is 63.8 Å². The maximum atomic E-state index is 6.03. The Morgan fingerprint density at radius 2 is 1.85 bits per heavy atom. The van der Waals surface area contributed by atoms with Crippen molar-refractivity contribution in [3.05, 3.63) is 60.6 Å². The summed E-state index contributed by atoms with van der Waals surface area (Å²) in [6, 6.07) is 12.0. The van der Waals surface area contributed by atoms with Gasteiger partial charge in [0.1, 0.15) is 0 Å². The summed E-state index contributed by atoms with van der Waals surface area (Å²) in [5.74, 6) is 0. The van der Waals surface area contributed by atoms with Crippen LogP contribution in [-0.2, 0) is 6.42 Å². The molecule has 0 aliphatic rings. The third-order valence-corrected chi connectivity index (χ3v) is 3.27. The van der Waals surface area contributed by atoms with Crippen LogP contribution in [0.5, 0.6) is 0 Å². The highest BCUT2D eigenvalue weighted by molar-refractivity contribution is 5.96. The number of anilines is 2. The van der Waals surface area contributed by atoms with Crippen LogP contribution in [0, 0.1) is 0 Å². The summed E-state index contributed by atoms with van der Waals surface area (Å²) in [7, 11) is 0. The standard InChI is InChI=1S/C16H16N4/c17-14-11-20-15-4-2-1-3-13(15)16(14)19-10-7-12-5-8-18-9-6-12/h1-6,8-9,11H,7,10,17H2,(H,19,20). The number of rotatable bonds is 4. The molecule has 0 spiro atoms. The maximum Gasteiger partial charge on any atom is 0.0743 e. The Hall–Kier alpha value is -2.62. The maximum absolute atomic E-state index is 6.03. The molecule has 0 aliphatic heterocycles. The van der Waals surface area contributed by atoms with Gasteiger partial charge in [-0.15, -0.1) is 0 Å². The first-order chi connectivity index (χ1) is 9.84. The van der Waals surface area contributed by atoms with Gasteiger partial charge in [-0.1, -0.05) is 18.2 Å². The number of pyridine rings is 2. The van der Waals surface area contributed by atoms with Crippen LogP contribution < -0.4 is 11.1 Å². The summed E-state index contributed by atoms with van der Waals surface area (Å²) >= 11 is 0. The largest absolute Gasteiger partial charge is 0.396 e. The molecule has 0 saturated heterocycles. The normalized spacial score (nSPS) is 10.6. The molecule has 100 valence electrons. The van der Waals surface area contributed by atoms with Crippen molar-refractivity contribution >= 4 is 22.3 Å². The average molecular weight is 264 g/mol. The van der Waals surface area contributed by atoms with E-state index in [-0.39, 0.29) is 0 Å². The Kier molecular flexibility index (Phi) is 3.46. The number of nitrogens with one attached hydrogen (secondary N) is 1. The van der Waals surface area contributed by atoms with Gasteiger partial charge in [-0.2, -0.15) is 0 Å². The molecule has 3 aromatic rings. The third-order valence-electron chi connectivity index (χ3n) is 3.27. The number of para-hydroxylation sites is 1. The van der Waals surface area contributed by atoms with E-state index >= 15 is 0 Å². The molecular formula is C16H16N4. The van der Waals surface area contributed by atoms with Crippen molar-refractivity contribution in [1.82, 2.24) is 9.97 Å². The minimum absolute atomic E-state index is 0.679. The van der Waals surface area contributed by atoms with E-state index in [2.05, 4.69) is 15.3 Å². The number of aromatic nitrogens is 2. The van der Waals surface area contributed by atoms with Crippen molar-refractivity contribution in [2.75, 3.05) is 17.6 Å². The Morgan fingerprint density at radius 1 is 1.05 bits per heavy atom. The molecule has 3 N–H and O–H groups in total. The van der Waals surface area contributed by atoms with Crippen molar-refractivity contribution < 1.29 is 0 Å². The summed E-state index contributed by atoms with van der Waals surface area (Å²) in [6.45, 7) is 0.822. The molecule has 4 nitrogen and oxygen atoms in total. The van der Waals surface area contributed by atoms with Crippen LogP contribution >= 0.6 is 0 Å². The molecule has 0 radical (unpaired) electrons. The zero-order valence-corrected chi connectivity index (χ0v) is 11.1. The molecule has 0 fully saturated rings. The van der Waals surface area contributed by atoms with Crippen LogP contribution in [0.1, 0.15) is 5.56 Å². The van der Waals surface area contributed by atoms with Crippen molar-refractivity contribution in [2.24, 2.45) is 0 Å². The average Bonchev–Trinajstić information content (AvgIpc) is 2.50. The van der Waals surface area contributed by atoms with Crippen LogP contribution in [-0.4, -0.2) is 16.5 Å². The second kappa shape index (κ2) is 5.57. The Morgan fingerprint density at radius 3 is 2.70 bits per heavy atom. The van der Waals surface area contributed by atoms with Gasteiger partial charge in [0, 0.05) is 24.3 Å². The first kappa shape index (κ1) is 12.4. The van der Waals surface area contributed by atoms with E-state index in [0.717, 1.165) is 29.6 Å². The van der Waals surface area contributed by atoms with E-state index in [0.29, 0.717) is 5.69 Å². The molecule has 0 bridgehead atoms. The van der Waals surface area contributed by atoms with E-state index in [4.69, 9.17) is 5.73 Å². The monoisotopic (exact) mass is 264 g/mol. The molecule has 0 atom stereocenters. The van der Waals surface area contributed by atoms with E-state index < -0.39 is 0 Å². The summed E-state index contributed by atoms with van der Waals surface area (Å²) in [4.78, 5) is 8.35. The zero-order chi connectivity index (χ0) is 13.8. The Balaban J connectivity index is 1.79. The highest BCUT2D eigenvalue weighted by Gasteiger charge is 2.05. The third kappa shape index (κ3) is 2.54. The van der Waals surface area contributed by atoms with Crippen molar-refractivity contribution in [1.29, 1.82) is 0 Å². The smallest absolute Gasteiger partial charge is 0.0743 e. The molecule has 3 rings (SSSR count). The van der Waals surface area contributed by atoms with Gasteiger partial charge in [-0.25, -0.2) is 0 Å². The lowest BCUT2D eigenvalue weighted by molar-refractivity contribution is 1.01. The molecule has 1 aromatic carbocycles. The summed E-state index contributed by atoms with van der Waals surface area (Å²) in [5.41, 5.74) is 9.88. The van der Waals surface area contributed by atoms with Crippen molar-refractivity contribution in [2.45, 2.75) is 6.42 Å². The van der Waals surface area contributed by atoms with Crippen LogP contribution in [0.15, 0.2) is 55.0 Å². The van der Waals surface area contributed by atoms with Crippen LogP contribution in [0.2, 0.25) is 0 Å². The number of hydrogen-bond donors (Lipinski definition) is 2. The Labute approximate surface area is 117 Å². The minimum atomic E-state index is 0.679. The first-order valence-electron chi connectivity index (χ1n) is 6.60. The lowest BCUT2D eigenvalue weighted by Crippen LogP contribution is -2.08.